The number of piperidine rings is 1. The Kier molecular flexibility index (Phi) is 7.03. The maximum atomic E-state index is 12.9. The molecule has 2 amide bonds. The van der Waals surface area contributed by atoms with E-state index in [4.69, 9.17) is 9.47 Å². The predicted molar refractivity (Wildman–Crippen MR) is 119 cm³/mol. The molecule has 4 rings (SSSR count). The first-order chi connectivity index (χ1) is 15.1. The number of hydrogen-bond acceptors (Lipinski definition) is 4. The van der Waals surface area contributed by atoms with E-state index in [0.29, 0.717) is 50.1 Å². The number of hydrogen-bond donors (Lipinski definition) is 0. The molecule has 1 saturated heterocycles. The lowest BCUT2D eigenvalue weighted by Crippen LogP contribution is -2.49. The van der Waals surface area contributed by atoms with Gasteiger partial charge in [0.1, 0.15) is 0 Å². The average molecular weight is 429 g/mol. The summed E-state index contributed by atoms with van der Waals surface area (Å²) >= 11 is 0. The minimum Gasteiger partial charge on any atom is -0.493 e. The fourth-order valence-electron chi connectivity index (χ4n) is 5.72. The third-order valence-corrected chi connectivity index (χ3v) is 7.42. The van der Waals surface area contributed by atoms with Gasteiger partial charge in [-0.1, -0.05) is 12.8 Å². The van der Waals surface area contributed by atoms with Crippen LogP contribution in [0.1, 0.15) is 68.9 Å². The van der Waals surface area contributed by atoms with Crippen LogP contribution in [-0.2, 0) is 22.6 Å². The quantitative estimate of drug-likeness (QED) is 0.689. The van der Waals surface area contributed by atoms with Crippen molar-refractivity contribution in [1.82, 2.24) is 9.80 Å². The first-order valence-electron chi connectivity index (χ1n) is 11.9. The maximum absolute atomic E-state index is 12.9. The second kappa shape index (κ2) is 9.92. The Labute approximate surface area is 185 Å². The van der Waals surface area contributed by atoms with E-state index in [1.54, 1.807) is 14.2 Å². The molecule has 6 heteroatoms. The molecule has 2 fully saturated rings. The predicted octanol–water partition coefficient (Wildman–Crippen LogP) is 3.94. The highest BCUT2D eigenvalue weighted by atomic mass is 16.5. The van der Waals surface area contributed by atoms with Crippen molar-refractivity contribution in [2.75, 3.05) is 27.3 Å². The number of fused-ring (bicyclic) bond motifs is 2. The normalized spacial score (nSPS) is 23.0. The second-order valence-corrected chi connectivity index (χ2v) is 9.24. The van der Waals surface area contributed by atoms with E-state index >= 15 is 0 Å². The molecule has 31 heavy (non-hydrogen) atoms. The molecular formula is C25H36N2O4. The van der Waals surface area contributed by atoms with Crippen LogP contribution in [0.25, 0.3) is 0 Å². The van der Waals surface area contributed by atoms with E-state index in [-0.39, 0.29) is 11.8 Å². The fourth-order valence-corrected chi connectivity index (χ4v) is 5.72. The highest BCUT2D eigenvalue weighted by Gasteiger charge is 2.35. The summed E-state index contributed by atoms with van der Waals surface area (Å²) in [5.74, 6) is 2.53. The van der Waals surface area contributed by atoms with Crippen LogP contribution < -0.4 is 9.47 Å². The molecule has 1 aliphatic carbocycles. The summed E-state index contributed by atoms with van der Waals surface area (Å²) in [5, 5.41) is 0. The largest absolute Gasteiger partial charge is 0.493 e. The molecule has 0 N–H and O–H groups in total. The molecule has 2 heterocycles. The van der Waals surface area contributed by atoms with Gasteiger partial charge in [0.25, 0.3) is 0 Å². The number of likely N-dealkylation sites (tertiary alicyclic amines) is 1. The third kappa shape index (κ3) is 4.83. The van der Waals surface area contributed by atoms with Gasteiger partial charge in [-0.05, 0) is 67.7 Å². The minimum absolute atomic E-state index is 0.141. The van der Waals surface area contributed by atoms with E-state index in [9.17, 15) is 9.59 Å². The molecule has 0 aromatic heterocycles. The van der Waals surface area contributed by atoms with Crippen molar-refractivity contribution in [2.45, 2.75) is 76.8 Å². The number of amides is 2. The lowest BCUT2D eigenvalue weighted by molar-refractivity contribution is -0.138. The molecular weight excluding hydrogens is 392 g/mol. The molecule has 3 aliphatic rings. The van der Waals surface area contributed by atoms with Crippen LogP contribution in [0.4, 0.5) is 0 Å². The topological polar surface area (TPSA) is 59.1 Å². The Hall–Kier alpha value is -2.24. The molecule has 170 valence electrons. The van der Waals surface area contributed by atoms with Crippen molar-refractivity contribution in [3.05, 3.63) is 23.3 Å². The Morgan fingerprint density at radius 1 is 0.903 bits per heavy atom. The van der Waals surface area contributed by atoms with Gasteiger partial charge in [0.05, 0.1) is 14.2 Å². The SMILES string of the molecule is COc1cc2c(cc1OC)CN(C(=O)CCCC(=O)N1CCCC3CCCCC31)CC2. The van der Waals surface area contributed by atoms with Crippen LogP contribution >= 0.6 is 0 Å². The van der Waals surface area contributed by atoms with Gasteiger partial charge in [-0.25, -0.2) is 0 Å². The Morgan fingerprint density at radius 2 is 1.58 bits per heavy atom. The van der Waals surface area contributed by atoms with Crippen molar-refractivity contribution < 1.29 is 19.1 Å². The van der Waals surface area contributed by atoms with Gasteiger partial charge in [0.15, 0.2) is 11.5 Å². The summed E-state index contributed by atoms with van der Waals surface area (Å²) in [5.41, 5.74) is 2.33. The molecule has 1 saturated carbocycles. The molecule has 2 aliphatic heterocycles. The van der Waals surface area contributed by atoms with Crippen LogP contribution in [0.5, 0.6) is 11.5 Å². The van der Waals surface area contributed by atoms with E-state index < -0.39 is 0 Å². The van der Waals surface area contributed by atoms with Gasteiger partial charge in [-0.3, -0.25) is 9.59 Å². The smallest absolute Gasteiger partial charge is 0.222 e. The Bertz CT molecular complexity index is 807. The first-order valence-corrected chi connectivity index (χ1v) is 11.9. The first kappa shape index (κ1) is 22.0. The Morgan fingerprint density at radius 3 is 2.35 bits per heavy atom. The van der Waals surface area contributed by atoms with Crippen molar-refractivity contribution in [2.24, 2.45) is 5.92 Å². The number of nitrogens with zero attached hydrogens (tertiary/aromatic N) is 2. The van der Waals surface area contributed by atoms with Gasteiger partial charge in [0.2, 0.25) is 11.8 Å². The Balaban J connectivity index is 1.28. The molecule has 2 atom stereocenters. The van der Waals surface area contributed by atoms with E-state index in [1.165, 1.54) is 31.2 Å². The summed E-state index contributed by atoms with van der Waals surface area (Å²) < 4.78 is 10.8. The van der Waals surface area contributed by atoms with Crippen molar-refractivity contribution in [3.63, 3.8) is 0 Å². The van der Waals surface area contributed by atoms with Gasteiger partial charge in [-0.15, -0.1) is 0 Å². The van der Waals surface area contributed by atoms with Crippen molar-refractivity contribution in [3.8, 4) is 11.5 Å². The summed E-state index contributed by atoms with van der Waals surface area (Å²) in [6.45, 7) is 2.21. The van der Waals surface area contributed by atoms with E-state index in [0.717, 1.165) is 37.1 Å². The zero-order chi connectivity index (χ0) is 21.8. The number of benzene rings is 1. The zero-order valence-electron chi connectivity index (χ0n) is 19.0. The highest BCUT2D eigenvalue weighted by Crippen LogP contribution is 2.36. The number of carbonyl (C=O) groups is 2. The zero-order valence-corrected chi connectivity index (χ0v) is 19.0. The highest BCUT2D eigenvalue weighted by molar-refractivity contribution is 5.79. The summed E-state index contributed by atoms with van der Waals surface area (Å²) in [6.07, 6.45) is 9.80. The number of methoxy groups -OCH3 is 2. The van der Waals surface area contributed by atoms with Crippen LogP contribution in [0.3, 0.4) is 0 Å². The van der Waals surface area contributed by atoms with Crippen LogP contribution in [0.15, 0.2) is 12.1 Å². The molecule has 0 spiro atoms. The lowest BCUT2D eigenvalue weighted by atomic mass is 9.78. The van der Waals surface area contributed by atoms with Crippen LogP contribution in [0.2, 0.25) is 0 Å². The molecule has 0 radical (unpaired) electrons. The van der Waals surface area contributed by atoms with Crippen LogP contribution in [-0.4, -0.2) is 55.0 Å². The van der Waals surface area contributed by atoms with Gasteiger partial charge >= 0.3 is 0 Å². The molecule has 2 unspecified atom stereocenters. The molecule has 1 aromatic rings. The molecule has 1 aromatic carbocycles. The fraction of sp³-hybridized carbons (Fsp3) is 0.680. The van der Waals surface area contributed by atoms with Crippen LogP contribution in [0, 0.1) is 5.92 Å². The second-order valence-electron chi connectivity index (χ2n) is 9.24. The third-order valence-electron chi connectivity index (χ3n) is 7.42. The van der Waals surface area contributed by atoms with Gasteiger partial charge in [-0.2, -0.15) is 0 Å². The van der Waals surface area contributed by atoms with E-state index in [2.05, 4.69) is 4.90 Å². The minimum atomic E-state index is 0.141. The summed E-state index contributed by atoms with van der Waals surface area (Å²) in [6, 6.07) is 4.45. The number of rotatable bonds is 6. The van der Waals surface area contributed by atoms with Gasteiger partial charge in [0, 0.05) is 38.5 Å². The monoisotopic (exact) mass is 428 g/mol. The lowest BCUT2D eigenvalue weighted by Gasteiger charge is -2.44. The molecule has 0 bridgehead atoms. The van der Waals surface area contributed by atoms with Crippen molar-refractivity contribution in [1.29, 1.82) is 0 Å². The van der Waals surface area contributed by atoms with Crippen molar-refractivity contribution >= 4 is 11.8 Å². The van der Waals surface area contributed by atoms with Gasteiger partial charge < -0.3 is 19.3 Å². The summed E-state index contributed by atoms with van der Waals surface area (Å²) in [7, 11) is 3.27. The summed E-state index contributed by atoms with van der Waals surface area (Å²) in [4.78, 5) is 29.8. The molecule has 6 nitrogen and oxygen atoms in total. The standard InChI is InChI=1S/C25H36N2O4/c1-30-22-15-19-12-14-26(17-20(19)16-23(22)31-2)24(28)10-5-11-25(29)27-13-6-8-18-7-3-4-9-21(18)27/h15-16,18,21H,3-14,17H2,1-2H3. The maximum Gasteiger partial charge on any atom is 0.222 e. The average Bonchev–Trinajstić information content (AvgIpc) is 2.82. The van der Waals surface area contributed by atoms with E-state index in [1.807, 2.05) is 17.0 Å². The number of carbonyl (C=O) groups excluding carboxylic acids is 2. The number of ether oxygens (including phenoxy) is 2.